The van der Waals surface area contributed by atoms with Gasteiger partial charge in [-0.15, -0.1) is 0 Å². The molecule has 0 aliphatic carbocycles. The summed E-state index contributed by atoms with van der Waals surface area (Å²) in [7, 11) is 0. The molecule has 100 valence electrons. The Labute approximate surface area is 120 Å². The normalized spacial score (nSPS) is 12.2. The minimum atomic E-state index is -0.392. The molecule has 1 amide bonds. The maximum absolute atomic E-state index is 12.2. The Balaban J connectivity index is 2.18. The van der Waals surface area contributed by atoms with Crippen LogP contribution in [0.15, 0.2) is 35.0 Å². The zero-order valence-corrected chi connectivity index (χ0v) is 12.0. The van der Waals surface area contributed by atoms with Gasteiger partial charge in [0, 0.05) is 10.6 Å². The Kier molecular flexibility index (Phi) is 4.58. The van der Waals surface area contributed by atoms with E-state index in [1.165, 1.54) is 11.3 Å². The molecule has 2 aromatic rings. The van der Waals surface area contributed by atoms with Crippen molar-refractivity contribution in [1.82, 2.24) is 5.32 Å². The molecule has 0 unspecified atom stereocenters. The Bertz CT molecular complexity index is 569. The zero-order chi connectivity index (χ0) is 13.8. The van der Waals surface area contributed by atoms with Crippen molar-refractivity contribution in [3.63, 3.8) is 0 Å². The lowest BCUT2D eigenvalue weighted by atomic mass is 10.1. The van der Waals surface area contributed by atoms with E-state index in [9.17, 15) is 9.90 Å². The van der Waals surface area contributed by atoms with Gasteiger partial charge in [0.25, 0.3) is 5.91 Å². The predicted octanol–water partition coefficient (Wildman–Crippen LogP) is 3.17. The van der Waals surface area contributed by atoms with Crippen molar-refractivity contribution < 1.29 is 9.90 Å². The molecule has 2 rings (SSSR count). The van der Waals surface area contributed by atoms with Crippen LogP contribution in [0.4, 0.5) is 0 Å². The molecule has 0 bridgehead atoms. The van der Waals surface area contributed by atoms with Gasteiger partial charge in [-0.05, 0) is 47.0 Å². The van der Waals surface area contributed by atoms with Crippen LogP contribution in [-0.2, 0) is 0 Å². The molecule has 5 heteroatoms. The van der Waals surface area contributed by atoms with Crippen molar-refractivity contribution in [3.8, 4) is 0 Å². The highest BCUT2D eigenvalue weighted by atomic mass is 35.5. The van der Waals surface area contributed by atoms with Crippen molar-refractivity contribution in [2.45, 2.75) is 13.0 Å². The molecule has 0 spiro atoms. The molecule has 0 radical (unpaired) electrons. The molecule has 1 atom stereocenters. The number of aliphatic hydroxyl groups excluding tert-OH is 1. The first-order valence-corrected chi connectivity index (χ1v) is 7.14. The molecule has 3 nitrogen and oxygen atoms in total. The highest BCUT2D eigenvalue weighted by Crippen LogP contribution is 2.21. The monoisotopic (exact) mass is 295 g/mol. The van der Waals surface area contributed by atoms with Gasteiger partial charge in [-0.25, -0.2) is 0 Å². The minimum Gasteiger partial charge on any atom is -0.394 e. The summed E-state index contributed by atoms with van der Waals surface area (Å²) in [6.45, 7) is 1.66. The molecule has 1 aromatic carbocycles. The van der Waals surface area contributed by atoms with Crippen molar-refractivity contribution in [3.05, 3.63) is 56.7 Å². The van der Waals surface area contributed by atoms with Crippen molar-refractivity contribution in [1.29, 1.82) is 0 Å². The smallest absolute Gasteiger partial charge is 0.252 e. The van der Waals surface area contributed by atoms with E-state index in [0.29, 0.717) is 10.6 Å². The Morgan fingerprint density at radius 3 is 2.89 bits per heavy atom. The summed E-state index contributed by atoms with van der Waals surface area (Å²) < 4.78 is 0. The third-order valence-corrected chi connectivity index (χ3v) is 4.06. The third kappa shape index (κ3) is 3.15. The number of hydrogen-bond acceptors (Lipinski definition) is 3. The van der Waals surface area contributed by atoms with E-state index in [1.54, 1.807) is 25.1 Å². The summed E-state index contributed by atoms with van der Waals surface area (Å²) in [6, 6.07) is 6.70. The van der Waals surface area contributed by atoms with Crippen LogP contribution >= 0.6 is 22.9 Å². The Morgan fingerprint density at radius 2 is 2.26 bits per heavy atom. The lowest BCUT2D eigenvalue weighted by Crippen LogP contribution is -2.31. The second kappa shape index (κ2) is 6.19. The first kappa shape index (κ1) is 14.1. The van der Waals surface area contributed by atoms with E-state index in [4.69, 9.17) is 11.6 Å². The lowest BCUT2D eigenvalue weighted by molar-refractivity contribution is 0.0915. The standard InChI is InChI=1S/C14H14ClNO2S/c1-9-11(3-2-4-12(9)15)14(18)16-13(7-17)10-5-6-19-8-10/h2-6,8,13,17H,7H2,1H3,(H,16,18)/t13-/m1/s1. The van der Waals surface area contributed by atoms with Crippen molar-refractivity contribution in [2.24, 2.45) is 0 Å². The number of halogens is 1. The second-order valence-electron chi connectivity index (χ2n) is 4.18. The molecule has 0 saturated carbocycles. The summed E-state index contributed by atoms with van der Waals surface area (Å²) in [5.74, 6) is -0.231. The van der Waals surface area contributed by atoms with Crippen LogP contribution in [0.1, 0.15) is 27.5 Å². The molecule has 0 saturated heterocycles. The van der Waals surface area contributed by atoms with Gasteiger partial charge in [-0.1, -0.05) is 17.7 Å². The molecule has 0 fully saturated rings. The number of hydrogen-bond donors (Lipinski definition) is 2. The van der Waals surface area contributed by atoms with E-state index >= 15 is 0 Å². The first-order chi connectivity index (χ1) is 9.13. The largest absolute Gasteiger partial charge is 0.394 e. The maximum Gasteiger partial charge on any atom is 0.252 e. The number of aliphatic hydroxyl groups is 1. The number of thiophene rings is 1. The van der Waals surface area contributed by atoms with Gasteiger partial charge in [-0.2, -0.15) is 11.3 Å². The quantitative estimate of drug-likeness (QED) is 0.910. The Morgan fingerprint density at radius 1 is 1.47 bits per heavy atom. The van der Waals surface area contributed by atoms with Gasteiger partial charge < -0.3 is 10.4 Å². The second-order valence-corrected chi connectivity index (χ2v) is 5.36. The molecule has 1 heterocycles. The SMILES string of the molecule is Cc1c(Cl)cccc1C(=O)N[C@H](CO)c1ccsc1. The topological polar surface area (TPSA) is 49.3 Å². The van der Waals surface area contributed by atoms with Gasteiger partial charge in [-0.3, -0.25) is 4.79 Å². The van der Waals surface area contributed by atoms with E-state index < -0.39 is 6.04 Å². The van der Waals surface area contributed by atoms with Gasteiger partial charge in [0.2, 0.25) is 0 Å². The van der Waals surface area contributed by atoms with Crippen LogP contribution < -0.4 is 5.32 Å². The summed E-state index contributed by atoms with van der Waals surface area (Å²) in [4.78, 5) is 12.2. The zero-order valence-electron chi connectivity index (χ0n) is 10.4. The first-order valence-electron chi connectivity index (χ1n) is 5.82. The van der Waals surface area contributed by atoms with E-state index in [0.717, 1.165) is 11.1 Å². The maximum atomic E-state index is 12.2. The number of carbonyl (C=O) groups excluding carboxylic acids is 1. The third-order valence-electron chi connectivity index (χ3n) is 2.95. The van der Waals surface area contributed by atoms with Gasteiger partial charge in [0.15, 0.2) is 0 Å². The van der Waals surface area contributed by atoms with Gasteiger partial charge in [0.1, 0.15) is 0 Å². The lowest BCUT2D eigenvalue weighted by Gasteiger charge is -2.16. The molecule has 0 aliphatic rings. The molecule has 2 N–H and O–H groups in total. The van der Waals surface area contributed by atoms with E-state index in [1.807, 2.05) is 16.8 Å². The predicted molar refractivity (Wildman–Crippen MR) is 77.8 cm³/mol. The highest BCUT2D eigenvalue weighted by Gasteiger charge is 2.17. The van der Waals surface area contributed by atoms with Crippen LogP contribution in [-0.4, -0.2) is 17.6 Å². The summed E-state index contributed by atoms with van der Waals surface area (Å²) in [5, 5.41) is 16.6. The molecule has 1 aromatic heterocycles. The fraction of sp³-hybridized carbons (Fsp3) is 0.214. The van der Waals surface area contributed by atoms with Crippen LogP contribution in [0.5, 0.6) is 0 Å². The summed E-state index contributed by atoms with van der Waals surface area (Å²) in [6.07, 6.45) is 0. The number of carbonyl (C=O) groups is 1. The van der Waals surface area contributed by atoms with Crippen LogP contribution in [0.3, 0.4) is 0 Å². The summed E-state index contributed by atoms with van der Waals surface area (Å²) >= 11 is 7.53. The van der Waals surface area contributed by atoms with Crippen molar-refractivity contribution in [2.75, 3.05) is 6.61 Å². The number of nitrogens with one attached hydrogen (secondary N) is 1. The van der Waals surface area contributed by atoms with E-state index in [2.05, 4.69) is 5.32 Å². The summed E-state index contributed by atoms with van der Waals surface area (Å²) in [5.41, 5.74) is 2.17. The van der Waals surface area contributed by atoms with Gasteiger partial charge >= 0.3 is 0 Å². The van der Waals surface area contributed by atoms with E-state index in [-0.39, 0.29) is 12.5 Å². The van der Waals surface area contributed by atoms with Crippen molar-refractivity contribution >= 4 is 28.8 Å². The van der Waals surface area contributed by atoms with Crippen LogP contribution in [0.2, 0.25) is 5.02 Å². The highest BCUT2D eigenvalue weighted by molar-refractivity contribution is 7.07. The number of benzene rings is 1. The molecular weight excluding hydrogens is 282 g/mol. The Hall–Kier alpha value is -1.36. The average molecular weight is 296 g/mol. The molecular formula is C14H14ClNO2S. The minimum absolute atomic E-state index is 0.137. The molecule has 0 aliphatic heterocycles. The fourth-order valence-corrected chi connectivity index (χ4v) is 2.69. The van der Waals surface area contributed by atoms with Crippen LogP contribution in [0, 0.1) is 6.92 Å². The fourth-order valence-electron chi connectivity index (χ4n) is 1.80. The van der Waals surface area contributed by atoms with Gasteiger partial charge in [0.05, 0.1) is 12.6 Å². The average Bonchev–Trinajstić information content (AvgIpc) is 2.92. The van der Waals surface area contributed by atoms with Crippen LogP contribution in [0.25, 0.3) is 0 Å². The number of amides is 1. The molecule has 19 heavy (non-hydrogen) atoms. The number of rotatable bonds is 4.